The Morgan fingerprint density at radius 3 is 2.70 bits per heavy atom. The van der Waals surface area contributed by atoms with Crippen molar-refractivity contribution in [2.75, 3.05) is 6.54 Å². The molecule has 3 N–H and O–H groups in total. The van der Waals surface area contributed by atoms with Crippen LogP contribution in [0, 0.1) is 11.7 Å². The number of urea groups is 1. The zero-order valence-electron chi connectivity index (χ0n) is 18.2. The first-order valence-electron chi connectivity index (χ1n) is 11.4. The summed E-state index contributed by atoms with van der Waals surface area (Å²) in [6, 6.07) is 6.55. The Morgan fingerprint density at radius 1 is 1.30 bits per heavy atom. The largest absolute Gasteiger partial charge is 0.333 e. The lowest BCUT2D eigenvalue weighted by Gasteiger charge is -2.47. The topological polar surface area (TPSA) is 58.4 Å². The molecule has 1 saturated carbocycles. The Morgan fingerprint density at radius 2 is 2.03 bits per heavy atom. The second-order valence-corrected chi connectivity index (χ2v) is 9.58. The van der Waals surface area contributed by atoms with Crippen molar-refractivity contribution in [3.05, 3.63) is 58.9 Å². The highest BCUT2D eigenvalue weighted by Crippen LogP contribution is 2.42. The van der Waals surface area contributed by atoms with Gasteiger partial charge in [-0.2, -0.15) is 0 Å². The van der Waals surface area contributed by atoms with Gasteiger partial charge in [0, 0.05) is 18.1 Å². The summed E-state index contributed by atoms with van der Waals surface area (Å²) in [7, 11) is 0. The van der Waals surface area contributed by atoms with Gasteiger partial charge in [0.15, 0.2) is 0 Å². The van der Waals surface area contributed by atoms with Crippen molar-refractivity contribution in [3.63, 3.8) is 0 Å². The van der Waals surface area contributed by atoms with Crippen LogP contribution in [0.25, 0.3) is 0 Å². The van der Waals surface area contributed by atoms with E-state index in [9.17, 15) is 9.18 Å². The number of rotatable bonds is 5. The van der Waals surface area contributed by atoms with E-state index in [0.717, 1.165) is 31.2 Å². The molecule has 0 aromatic heterocycles. The molecule has 3 aliphatic rings. The minimum absolute atomic E-state index is 0.0493. The maximum absolute atomic E-state index is 13.6. The summed E-state index contributed by atoms with van der Waals surface area (Å²) in [5.41, 5.74) is 9.36. The van der Waals surface area contributed by atoms with Crippen LogP contribution in [0.3, 0.4) is 0 Å². The molecule has 1 aliphatic heterocycles. The van der Waals surface area contributed by atoms with Gasteiger partial charge in [0.1, 0.15) is 5.82 Å². The Bertz CT molecular complexity index is 838. The molecule has 0 saturated heterocycles. The van der Waals surface area contributed by atoms with Gasteiger partial charge >= 0.3 is 6.03 Å². The van der Waals surface area contributed by atoms with Gasteiger partial charge in [-0.3, -0.25) is 0 Å². The number of carbonyl (C=O) groups excluding carboxylic acids is 1. The van der Waals surface area contributed by atoms with E-state index in [2.05, 4.69) is 31.3 Å². The monoisotopic (exact) mass is 411 g/mol. The molecule has 4 nitrogen and oxygen atoms in total. The molecule has 1 unspecified atom stereocenters. The normalized spacial score (nSPS) is 30.7. The molecular formula is C25H34FN3O. The van der Waals surface area contributed by atoms with Crippen LogP contribution in [0.1, 0.15) is 70.4 Å². The number of allylic oxidation sites excluding steroid dienone is 1. The average molecular weight is 412 g/mol. The predicted molar refractivity (Wildman–Crippen MR) is 118 cm³/mol. The Kier molecular flexibility index (Phi) is 6.01. The van der Waals surface area contributed by atoms with Crippen molar-refractivity contribution in [2.45, 2.75) is 76.4 Å². The molecule has 30 heavy (non-hydrogen) atoms. The average Bonchev–Trinajstić information content (AvgIpc) is 2.70. The second-order valence-electron chi connectivity index (χ2n) is 9.58. The molecule has 2 aliphatic carbocycles. The standard InChI is InChI=1S/C25H34FN3O/c1-3-4-5-17-6-11-22-19(14-17)12-13-29(23(22)18-7-9-20(26)10-8-18)24(30)28-25(2)15-21(27)16-25/h6-11,17,21,23H,3-5,12-16,27H2,1-2H3,(H,28,30)/t17?,21-,23-,25-/m0/s1. The first kappa shape index (κ1) is 21.1. The Labute approximate surface area is 179 Å². The molecule has 162 valence electrons. The van der Waals surface area contributed by atoms with Crippen LogP contribution in [0.4, 0.5) is 9.18 Å². The number of nitrogens with zero attached hydrogens (tertiary/aromatic N) is 1. The summed E-state index contributed by atoms with van der Waals surface area (Å²) in [6.45, 7) is 4.98. The van der Waals surface area contributed by atoms with Gasteiger partial charge in [-0.25, -0.2) is 9.18 Å². The number of nitrogens with two attached hydrogens (primary N) is 1. The van der Waals surface area contributed by atoms with Crippen molar-refractivity contribution >= 4 is 6.03 Å². The molecule has 1 aromatic rings. The van der Waals surface area contributed by atoms with Gasteiger partial charge in [0.2, 0.25) is 0 Å². The van der Waals surface area contributed by atoms with Crippen LogP contribution in [-0.4, -0.2) is 29.1 Å². The number of carbonyl (C=O) groups is 1. The maximum atomic E-state index is 13.6. The molecule has 4 rings (SSSR count). The molecule has 2 atom stereocenters. The highest BCUT2D eigenvalue weighted by atomic mass is 19.1. The van der Waals surface area contributed by atoms with E-state index in [4.69, 9.17) is 5.73 Å². The van der Waals surface area contributed by atoms with Crippen molar-refractivity contribution < 1.29 is 9.18 Å². The number of nitrogens with one attached hydrogen (secondary N) is 1. The van der Waals surface area contributed by atoms with E-state index < -0.39 is 0 Å². The number of hydrogen-bond acceptors (Lipinski definition) is 2. The van der Waals surface area contributed by atoms with Crippen molar-refractivity contribution in [3.8, 4) is 0 Å². The smallest absolute Gasteiger partial charge is 0.318 e. The van der Waals surface area contributed by atoms with Gasteiger partial charge in [-0.1, -0.05) is 49.6 Å². The summed E-state index contributed by atoms with van der Waals surface area (Å²) in [5, 5.41) is 3.22. The van der Waals surface area contributed by atoms with E-state index >= 15 is 0 Å². The van der Waals surface area contributed by atoms with Crippen LogP contribution in [0.15, 0.2) is 47.6 Å². The number of unbranched alkanes of at least 4 members (excludes halogenated alkanes) is 1. The third-order valence-corrected chi connectivity index (χ3v) is 6.93. The zero-order chi connectivity index (χ0) is 21.3. The Balaban J connectivity index is 1.60. The van der Waals surface area contributed by atoms with Gasteiger partial charge < -0.3 is 16.0 Å². The van der Waals surface area contributed by atoms with Crippen LogP contribution < -0.4 is 11.1 Å². The van der Waals surface area contributed by atoms with E-state index in [1.54, 1.807) is 0 Å². The van der Waals surface area contributed by atoms with Crippen molar-refractivity contribution in [1.29, 1.82) is 0 Å². The quantitative estimate of drug-likeness (QED) is 0.697. The van der Waals surface area contributed by atoms with Gasteiger partial charge in [0.05, 0.1) is 6.04 Å². The minimum Gasteiger partial charge on any atom is -0.333 e. The van der Waals surface area contributed by atoms with Gasteiger partial charge in [-0.05, 0) is 68.2 Å². The second kappa shape index (κ2) is 8.54. The lowest BCUT2D eigenvalue weighted by molar-refractivity contribution is 0.136. The number of halogens is 1. The summed E-state index contributed by atoms with van der Waals surface area (Å²) >= 11 is 0. The molecule has 1 heterocycles. The van der Waals surface area contributed by atoms with Crippen LogP contribution in [0.5, 0.6) is 0 Å². The Hall–Kier alpha value is -2.14. The lowest BCUT2D eigenvalue weighted by atomic mass is 9.74. The highest BCUT2D eigenvalue weighted by Gasteiger charge is 2.42. The summed E-state index contributed by atoms with van der Waals surface area (Å²) in [5.74, 6) is 0.336. The van der Waals surface area contributed by atoms with Crippen molar-refractivity contribution in [2.24, 2.45) is 11.7 Å². The fraction of sp³-hybridized carbons (Fsp3) is 0.560. The SMILES string of the molecule is CCCCC1C=CC2=C(CCN(C(=O)N[C@]3(C)C[C@@H](N)C3)[C@H]2c2ccc(F)cc2)C1. The molecule has 0 bridgehead atoms. The third-order valence-electron chi connectivity index (χ3n) is 6.93. The molecular weight excluding hydrogens is 377 g/mol. The molecule has 0 spiro atoms. The third kappa shape index (κ3) is 4.31. The zero-order valence-corrected chi connectivity index (χ0v) is 18.2. The summed E-state index contributed by atoms with van der Waals surface area (Å²) in [4.78, 5) is 15.2. The summed E-state index contributed by atoms with van der Waals surface area (Å²) < 4.78 is 13.6. The number of benzene rings is 1. The van der Waals surface area contributed by atoms with E-state index in [1.165, 1.54) is 42.5 Å². The van der Waals surface area contributed by atoms with Gasteiger partial charge in [0.25, 0.3) is 0 Å². The number of amides is 2. The fourth-order valence-corrected chi connectivity index (χ4v) is 5.36. The predicted octanol–water partition coefficient (Wildman–Crippen LogP) is 5.22. The lowest BCUT2D eigenvalue weighted by Crippen LogP contribution is -2.62. The number of hydrogen-bond donors (Lipinski definition) is 2. The molecule has 1 aromatic carbocycles. The minimum atomic E-state index is -0.255. The van der Waals surface area contributed by atoms with Crippen LogP contribution in [-0.2, 0) is 0 Å². The van der Waals surface area contributed by atoms with Crippen molar-refractivity contribution in [1.82, 2.24) is 10.2 Å². The van der Waals surface area contributed by atoms with E-state index in [0.29, 0.717) is 12.5 Å². The first-order chi connectivity index (χ1) is 14.4. The van der Waals surface area contributed by atoms with E-state index in [1.807, 2.05) is 17.0 Å². The first-order valence-corrected chi connectivity index (χ1v) is 11.4. The van der Waals surface area contributed by atoms with Crippen LogP contribution >= 0.6 is 0 Å². The van der Waals surface area contributed by atoms with Crippen LogP contribution in [0.2, 0.25) is 0 Å². The fourth-order valence-electron chi connectivity index (χ4n) is 5.36. The molecule has 5 heteroatoms. The maximum Gasteiger partial charge on any atom is 0.318 e. The molecule has 1 fully saturated rings. The van der Waals surface area contributed by atoms with E-state index in [-0.39, 0.29) is 29.5 Å². The van der Waals surface area contributed by atoms with Gasteiger partial charge in [-0.15, -0.1) is 0 Å². The molecule has 2 amide bonds. The summed E-state index contributed by atoms with van der Waals surface area (Å²) in [6.07, 6.45) is 11.8. The highest BCUT2D eigenvalue weighted by molar-refractivity contribution is 5.77. The molecule has 0 radical (unpaired) electrons.